The summed E-state index contributed by atoms with van der Waals surface area (Å²) in [6.45, 7) is 4.77. The summed E-state index contributed by atoms with van der Waals surface area (Å²) in [5, 5.41) is 0. The predicted molar refractivity (Wildman–Crippen MR) is 67.1 cm³/mol. The van der Waals surface area contributed by atoms with Crippen LogP contribution in [-0.2, 0) is 18.4 Å². The van der Waals surface area contributed by atoms with Gasteiger partial charge in [0.15, 0.2) is 0 Å². The second kappa shape index (κ2) is 5.31. The number of carbonyl (C=O) groups excluding carboxylic acids is 1. The summed E-state index contributed by atoms with van der Waals surface area (Å²) in [6.07, 6.45) is 4.35. The van der Waals surface area contributed by atoms with Crippen LogP contribution in [0, 0.1) is 5.41 Å². The maximum Gasteiger partial charge on any atom is 0.229 e. The Balaban J connectivity index is 2.74. The molecule has 1 heterocycles. The number of imidazole rings is 1. The molecule has 1 unspecified atom stereocenters. The molecule has 0 bridgehead atoms. The lowest BCUT2D eigenvalue weighted by Gasteiger charge is -2.30. The van der Waals surface area contributed by atoms with Gasteiger partial charge >= 0.3 is 0 Å². The Labute approximate surface area is 103 Å². The molecule has 1 aromatic heterocycles. The van der Waals surface area contributed by atoms with Gasteiger partial charge in [0.05, 0.1) is 12.0 Å². The highest BCUT2D eigenvalue weighted by Crippen LogP contribution is 2.22. The van der Waals surface area contributed by atoms with Crippen LogP contribution in [0.4, 0.5) is 0 Å². The standard InChI is InChI=1S/C12H22N4O/c1-5-12(2,9-13)11(17)16(4)8-10-14-6-7-15(10)3/h6-7H,5,8-9,13H2,1-4H3. The monoisotopic (exact) mass is 238 g/mol. The fraction of sp³-hybridized carbons (Fsp3) is 0.667. The smallest absolute Gasteiger partial charge is 0.229 e. The molecule has 0 aliphatic heterocycles. The lowest BCUT2D eigenvalue weighted by Crippen LogP contribution is -2.44. The largest absolute Gasteiger partial charge is 0.338 e. The van der Waals surface area contributed by atoms with Crippen molar-refractivity contribution >= 4 is 5.91 Å². The molecule has 5 heteroatoms. The average molecular weight is 238 g/mol. The van der Waals surface area contributed by atoms with Crippen molar-refractivity contribution in [2.45, 2.75) is 26.8 Å². The number of hydrogen-bond acceptors (Lipinski definition) is 3. The number of carbonyl (C=O) groups is 1. The van der Waals surface area contributed by atoms with Crippen molar-refractivity contribution in [1.82, 2.24) is 14.5 Å². The van der Waals surface area contributed by atoms with Gasteiger partial charge in [-0.3, -0.25) is 4.79 Å². The first-order valence-electron chi connectivity index (χ1n) is 5.86. The van der Waals surface area contributed by atoms with Crippen LogP contribution in [0.25, 0.3) is 0 Å². The summed E-state index contributed by atoms with van der Waals surface area (Å²) < 4.78 is 1.91. The van der Waals surface area contributed by atoms with Gasteiger partial charge in [-0.1, -0.05) is 6.92 Å². The Morgan fingerprint density at radius 1 is 1.65 bits per heavy atom. The van der Waals surface area contributed by atoms with E-state index in [1.165, 1.54) is 0 Å². The van der Waals surface area contributed by atoms with E-state index in [0.717, 1.165) is 12.2 Å². The van der Waals surface area contributed by atoms with Gasteiger partial charge in [0.25, 0.3) is 0 Å². The zero-order valence-corrected chi connectivity index (χ0v) is 11.1. The van der Waals surface area contributed by atoms with Gasteiger partial charge in [0.2, 0.25) is 5.91 Å². The lowest BCUT2D eigenvalue weighted by atomic mass is 9.86. The van der Waals surface area contributed by atoms with Crippen LogP contribution in [-0.4, -0.2) is 34.0 Å². The van der Waals surface area contributed by atoms with E-state index in [9.17, 15) is 4.79 Å². The van der Waals surface area contributed by atoms with Crippen molar-refractivity contribution in [3.8, 4) is 0 Å². The minimum atomic E-state index is -0.472. The molecule has 0 aliphatic rings. The maximum atomic E-state index is 12.3. The van der Waals surface area contributed by atoms with Crippen molar-refractivity contribution in [3.63, 3.8) is 0 Å². The molecular formula is C12H22N4O. The summed E-state index contributed by atoms with van der Waals surface area (Å²) in [5.41, 5.74) is 5.22. The molecule has 0 radical (unpaired) electrons. The number of aromatic nitrogens is 2. The van der Waals surface area contributed by atoms with Crippen LogP contribution in [0.1, 0.15) is 26.1 Å². The number of nitrogens with zero attached hydrogens (tertiary/aromatic N) is 3. The molecule has 0 saturated heterocycles. The van der Waals surface area contributed by atoms with E-state index in [4.69, 9.17) is 5.73 Å². The number of aryl methyl sites for hydroxylation is 1. The van der Waals surface area contributed by atoms with Crippen LogP contribution < -0.4 is 5.73 Å². The normalized spacial score (nSPS) is 14.4. The molecular weight excluding hydrogens is 216 g/mol. The minimum absolute atomic E-state index is 0.0745. The summed E-state index contributed by atoms with van der Waals surface area (Å²) in [5.74, 6) is 0.946. The maximum absolute atomic E-state index is 12.3. The molecule has 1 atom stereocenters. The molecule has 0 saturated carbocycles. The van der Waals surface area contributed by atoms with Crippen molar-refractivity contribution in [1.29, 1.82) is 0 Å². The first-order chi connectivity index (χ1) is 7.94. The van der Waals surface area contributed by atoms with Crippen molar-refractivity contribution < 1.29 is 4.79 Å². The van der Waals surface area contributed by atoms with Crippen LogP contribution in [0.2, 0.25) is 0 Å². The number of amides is 1. The summed E-state index contributed by atoms with van der Waals surface area (Å²) >= 11 is 0. The van der Waals surface area contributed by atoms with Crippen molar-refractivity contribution in [2.24, 2.45) is 18.2 Å². The van der Waals surface area contributed by atoms with Gasteiger partial charge in [-0.05, 0) is 13.3 Å². The topological polar surface area (TPSA) is 64.2 Å². The van der Waals surface area contributed by atoms with Crippen molar-refractivity contribution in [2.75, 3.05) is 13.6 Å². The fourth-order valence-corrected chi connectivity index (χ4v) is 1.68. The van der Waals surface area contributed by atoms with Gasteiger partial charge in [0, 0.05) is 33.0 Å². The molecule has 1 rings (SSSR count). The first kappa shape index (κ1) is 13.7. The van der Waals surface area contributed by atoms with Gasteiger partial charge in [-0.25, -0.2) is 4.98 Å². The molecule has 2 N–H and O–H groups in total. The van der Waals surface area contributed by atoms with Gasteiger partial charge < -0.3 is 15.2 Å². The third-order valence-electron chi connectivity index (χ3n) is 3.39. The summed E-state index contributed by atoms with van der Waals surface area (Å²) in [6, 6.07) is 0. The SMILES string of the molecule is CCC(C)(CN)C(=O)N(C)Cc1nccn1C. The van der Waals surface area contributed by atoms with E-state index in [1.807, 2.05) is 31.7 Å². The molecule has 5 nitrogen and oxygen atoms in total. The van der Waals surface area contributed by atoms with E-state index in [1.54, 1.807) is 18.1 Å². The molecule has 0 aliphatic carbocycles. The zero-order chi connectivity index (χ0) is 13.1. The average Bonchev–Trinajstić information content (AvgIpc) is 2.73. The first-order valence-corrected chi connectivity index (χ1v) is 5.86. The second-order valence-electron chi connectivity index (χ2n) is 4.73. The van der Waals surface area contributed by atoms with E-state index < -0.39 is 5.41 Å². The Hall–Kier alpha value is -1.36. The van der Waals surface area contributed by atoms with E-state index in [2.05, 4.69) is 4.98 Å². The molecule has 96 valence electrons. The second-order valence-corrected chi connectivity index (χ2v) is 4.73. The Bertz CT molecular complexity index is 382. The lowest BCUT2D eigenvalue weighted by molar-refractivity contribution is -0.140. The molecule has 0 fully saturated rings. The fourth-order valence-electron chi connectivity index (χ4n) is 1.68. The predicted octanol–water partition coefficient (Wildman–Crippen LogP) is 0.753. The van der Waals surface area contributed by atoms with Crippen LogP contribution in [0.5, 0.6) is 0 Å². The zero-order valence-electron chi connectivity index (χ0n) is 11.1. The van der Waals surface area contributed by atoms with E-state index in [0.29, 0.717) is 13.1 Å². The third kappa shape index (κ3) is 2.85. The van der Waals surface area contributed by atoms with Crippen molar-refractivity contribution in [3.05, 3.63) is 18.2 Å². The molecule has 1 aromatic rings. The third-order valence-corrected chi connectivity index (χ3v) is 3.39. The highest BCUT2D eigenvalue weighted by molar-refractivity contribution is 5.82. The van der Waals surface area contributed by atoms with Crippen LogP contribution >= 0.6 is 0 Å². The van der Waals surface area contributed by atoms with E-state index in [-0.39, 0.29) is 5.91 Å². The summed E-state index contributed by atoms with van der Waals surface area (Å²) in [4.78, 5) is 18.2. The van der Waals surface area contributed by atoms with Gasteiger partial charge in [0.1, 0.15) is 5.82 Å². The molecule has 0 aromatic carbocycles. The molecule has 0 spiro atoms. The number of nitrogens with two attached hydrogens (primary N) is 1. The quantitative estimate of drug-likeness (QED) is 0.823. The molecule has 17 heavy (non-hydrogen) atoms. The van der Waals surface area contributed by atoms with Crippen LogP contribution in [0.3, 0.4) is 0 Å². The molecule has 1 amide bonds. The van der Waals surface area contributed by atoms with Crippen LogP contribution in [0.15, 0.2) is 12.4 Å². The highest BCUT2D eigenvalue weighted by atomic mass is 16.2. The Kier molecular flexibility index (Phi) is 4.28. The highest BCUT2D eigenvalue weighted by Gasteiger charge is 2.32. The Morgan fingerprint density at radius 3 is 2.71 bits per heavy atom. The van der Waals surface area contributed by atoms with Gasteiger partial charge in [-0.15, -0.1) is 0 Å². The number of hydrogen-bond donors (Lipinski definition) is 1. The minimum Gasteiger partial charge on any atom is -0.338 e. The van der Waals surface area contributed by atoms with Gasteiger partial charge in [-0.2, -0.15) is 0 Å². The Morgan fingerprint density at radius 2 is 2.29 bits per heavy atom. The van der Waals surface area contributed by atoms with E-state index >= 15 is 0 Å². The number of rotatable bonds is 5. The summed E-state index contributed by atoms with van der Waals surface area (Å²) in [7, 11) is 3.71.